The standard InChI is InChI=1S/C9H13N3O4S/c1-16-5(2-7(13)14)3-11-8(15)6-4-17-9(10)12-6/h4-5H,2-3H2,1H3,(H2,10,12)(H,11,15)(H,13,14). The van der Waals surface area contributed by atoms with Gasteiger partial charge in [0.2, 0.25) is 0 Å². The molecule has 0 radical (unpaired) electrons. The molecule has 0 aliphatic rings. The van der Waals surface area contributed by atoms with E-state index in [9.17, 15) is 9.59 Å². The summed E-state index contributed by atoms with van der Waals surface area (Å²) in [7, 11) is 1.39. The van der Waals surface area contributed by atoms with Crippen molar-refractivity contribution in [1.82, 2.24) is 10.3 Å². The fourth-order valence-electron chi connectivity index (χ4n) is 1.12. The normalized spacial score (nSPS) is 12.1. The minimum atomic E-state index is -0.982. The van der Waals surface area contributed by atoms with E-state index in [1.165, 1.54) is 12.5 Å². The first kappa shape index (κ1) is 13.4. The van der Waals surface area contributed by atoms with Gasteiger partial charge in [0.15, 0.2) is 5.13 Å². The zero-order valence-corrected chi connectivity index (χ0v) is 9.99. The van der Waals surface area contributed by atoms with E-state index in [1.54, 1.807) is 0 Å². The van der Waals surface area contributed by atoms with E-state index >= 15 is 0 Å². The van der Waals surface area contributed by atoms with Gasteiger partial charge in [0, 0.05) is 19.0 Å². The summed E-state index contributed by atoms with van der Waals surface area (Å²) in [6.45, 7) is 0.110. The van der Waals surface area contributed by atoms with Gasteiger partial charge in [-0.2, -0.15) is 0 Å². The maximum absolute atomic E-state index is 11.5. The highest BCUT2D eigenvalue weighted by atomic mass is 32.1. The van der Waals surface area contributed by atoms with Crippen LogP contribution in [0.1, 0.15) is 16.9 Å². The van der Waals surface area contributed by atoms with E-state index < -0.39 is 18.0 Å². The van der Waals surface area contributed by atoms with Gasteiger partial charge in [-0.25, -0.2) is 4.98 Å². The maximum atomic E-state index is 11.5. The first-order chi connectivity index (χ1) is 8.02. The maximum Gasteiger partial charge on any atom is 0.306 e. The lowest BCUT2D eigenvalue weighted by Gasteiger charge is -2.13. The number of nitrogens with zero attached hydrogens (tertiary/aromatic N) is 1. The molecule has 8 heteroatoms. The zero-order chi connectivity index (χ0) is 12.8. The number of ether oxygens (including phenoxy) is 1. The van der Waals surface area contributed by atoms with Gasteiger partial charge >= 0.3 is 5.97 Å². The first-order valence-electron chi connectivity index (χ1n) is 4.76. The van der Waals surface area contributed by atoms with Crippen LogP contribution in [0, 0.1) is 0 Å². The van der Waals surface area contributed by atoms with Crippen LogP contribution in [-0.4, -0.2) is 41.7 Å². The molecule has 1 aromatic heterocycles. The molecule has 1 unspecified atom stereocenters. The van der Waals surface area contributed by atoms with E-state index in [0.717, 1.165) is 11.3 Å². The van der Waals surface area contributed by atoms with Crippen LogP contribution in [0.5, 0.6) is 0 Å². The molecule has 7 nitrogen and oxygen atoms in total. The number of hydrogen-bond donors (Lipinski definition) is 3. The Kier molecular flexibility index (Phi) is 4.85. The van der Waals surface area contributed by atoms with Gasteiger partial charge in [-0.3, -0.25) is 9.59 Å². The van der Waals surface area contributed by atoms with Crippen molar-refractivity contribution in [3.8, 4) is 0 Å². The van der Waals surface area contributed by atoms with Crippen molar-refractivity contribution >= 4 is 28.3 Å². The number of amides is 1. The number of nitrogens with one attached hydrogen (secondary N) is 1. The molecule has 1 aromatic rings. The lowest BCUT2D eigenvalue weighted by Crippen LogP contribution is -2.34. The molecule has 1 atom stereocenters. The fraction of sp³-hybridized carbons (Fsp3) is 0.444. The third kappa shape index (κ3) is 4.37. The van der Waals surface area contributed by atoms with Gasteiger partial charge < -0.3 is 20.9 Å². The largest absolute Gasteiger partial charge is 0.481 e. The fourth-order valence-corrected chi connectivity index (χ4v) is 1.67. The Balaban J connectivity index is 2.44. The van der Waals surface area contributed by atoms with Crippen molar-refractivity contribution in [1.29, 1.82) is 0 Å². The predicted octanol–water partition coefficient (Wildman–Crippen LogP) is -0.0552. The summed E-state index contributed by atoms with van der Waals surface area (Å²) in [6, 6.07) is 0. The third-order valence-electron chi connectivity index (χ3n) is 1.98. The summed E-state index contributed by atoms with van der Waals surface area (Å²) in [5.41, 5.74) is 5.61. The third-order valence-corrected chi connectivity index (χ3v) is 2.65. The number of methoxy groups -OCH3 is 1. The van der Waals surface area contributed by atoms with E-state index in [2.05, 4.69) is 10.3 Å². The number of carboxylic acid groups (broad SMARTS) is 1. The minimum Gasteiger partial charge on any atom is -0.481 e. The number of nitrogens with two attached hydrogens (primary N) is 1. The number of aliphatic carboxylic acids is 1. The molecule has 0 aliphatic heterocycles. The molecule has 0 aliphatic carbocycles. The van der Waals surface area contributed by atoms with Crippen LogP contribution in [0.4, 0.5) is 5.13 Å². The first-order valence-corrected chi connectivity index (χ1v) is 5.64. The summed E-state index contributed by atoms with van der Waals surface area (Å²) >= 11 is 1.16. The predicted molar refractivity (Wildman–Crippen MR) is 61.9 cm³/mol. The van der Waals surface area contributed by atoms with E-state index in [1.807, 2.05) is 0 Å². The number of aromatic nitrogens is 1. The van der Waals surface area contributed by atoms with Crippen LogP contribution in [0.25, 0.3) is 0 Å². The van der Waals surface area contributed by atoms with Crippen molar-refractivity contribution in [3.05, 3.63) is 11.1 Å². The highest BCUT2D eigenvalue weighted by molar-refractivity contribution is 7.13. The summed E-state index contributed by atoms with van der Waals surface area (Å²) in [4.78, 5) is 25.8. The molecule has 4 N–H and O–H groups in total. The number of rotatable bonds is 6. The molecule has 94 valence electrons. The average Bonchev–Trinajstić information content (AvgIpc) is 2.70. The number of carboxylic acids is 1. The monoisotopic (exact) mass is 259 g/mol. The van der Waals surface area contributed by atoms with Gasteiger partial charge in [-0.1, -0.05) is 0 Å². The van der Waals surface area contributed by atoms with Gasteiger partial charge in [0.1, 0.15) is 5.69 Å². The second-order valence-electron chi connectivity index (χ2n) is 3.24. The lowest BCUT2D eigenvalue weighted by molar-refractivity contribution is -0.139. The number of carbonyl (C=O) groups excluding carboxylic acids is 1. The molecule has 0 saturated carbocycles. The molecule has 0 fully saturated rings. The number of carbonyl (C=O) groups is 2. The number of thiazole rings is 1. The molecule has 1 amide bonds. The Labute approximate surface area is 102 Å². The topological polar surface area (TPSA) is 115 Å². The molecule has 0 bridgehead atoms. The van der Waals surface area contributed by atoms with Crippen LogP contribution < -0.4 is 11.1 Å². The van der Waals surface area contributed by atoms with Gasteiger partial charge in [0.05, 0.1) is 12.5 Å². The minimum absolute atomic E-state index is 0.110. The smallest absolute Gasteiger partial charge is 0.306 e. The van der Waals surface area contributed by atoms with E-state index in [4.69, 9.17) is 15.6 Å². The van der Waals surface area contributed by atoms with Gasteiger partial charge in [-0.05, 0) is 0 Å². The highest BCUT2D eigenvalue weighted by Crippen LogP contribution is 2.10. The summed E-state index contributed by atoms with van der Waals surface area (Å²) in [5, 5.41) is 13.0. The van der Waals surface area contributed by atoms with Crippen molar-refractivity contribution in [3.63, 3.8) is 0 Å². The van der Waals surface area contributed by atoms with Crippen molar-refractivity contribution < 1.29 is 19.4 Å². The molecule has 0 aromatic carbocycles. The van der Waals surface area contributed by atoms with Crippen molar-refractivity contribution in [2.45, 2.75) is 12.5 Å². The van der Waals surface area contributed by atoms with Crippen LogP contribution in [-0.2, 0) is 9.53 Å². The molecular weight excluding hydrogens is 246 g/mol. The number of hydrogen-bond acceptors (Lipinski definition) is 6. The summed E-state index contributed by atoms with van der Waals surface area (Å²) < 4.78 is 4.91. The second kappa shape index (κ2) is 6.16. The molecular formula is C9H13N3O4S. The van der Waals surface area contributed by atoms with Gasteiger partial charge in [-0.15, -0.1) is 11.3 Å². The number of anilines is 1. The lowest BCUT2D eigenvalue weighted by atomic mass is 10.2. The summed E-state index contributed by atoms with van der Waals surface area (Å²) in [6.07, 6.45) is -0.733. The molecule has 0 saturated heterocycles. The van der Waals surface area contributed by atoms with Crippen molar-refractivity contribution in [2.75, 3.05) is 19.4 Å². The van der Waals surface area contributed by atoms with E-state index in [0.29, 0.717) is 5.13 Å². The Morgan fingerprint density at radius 3 is 2.88 bits per heavy atom. The second-order valence-corrected chi connectivity index (χ2v) is 4.13. The van der Waals surface area contributed by atoms with E-state index in [-0.39, 0.29) is 18.7 Å². The average molecular weight is 259 g/mol. The Bertz CT molecular complexity index is 407. The quantitative estimate of drug-likeness (QED) is 0.659. The Hall–Kier alpha value is -1.67. The van der Waals surface area contributed by atoms with Crippen molar-refractivity contribution in [2.24, 2.45) is 0 Å². The van der Waals surface area contributed by atoms with Crippen LogP contribution >= 0.6 is 11.3 Å². The Morgan fingerprint density at radius 1 is 1.71 bits per heavy atom. The molecule has 0 spiro atoms. The van der Waals surface area contributed by atoms with Crippen LogP contribution in [0.3, 0.4) is 0 Å². The Morgan fingerprint density at radius 2 is 2.41 bits per heavy atom. The summed E-state index contributed by atoms with van der Waals surface area (Å²) in [5.74, 6) is -1.38. The molecule has 17 heavy (non-hydrogen) atoms. The highest BCUT2D eigenvalue weighted by Gasteiger charge is 2.15. The zero-order valence-electron chi connectivity index (χ0n) is 9.17. The van der Waals surface area contributed by atoms with Gasteiger partial charge in [0.25, 0.3) is 5.91 Å². The molecule has 1 rings (SSSR count). The SMILES string of the molecule is COC(CNC(=O)c1csc(N)n1)CC(=O)O. The van der Waals surface area contributed by atoms with Crippen LogP contribution in [0.2, 0.25) is 0 Å². The molecule has 1 heterocycles. The number of nitrogen functional groups attached to an aromatic ring is 1. The van der Waals surface area contributed by atoms with Crippen LogP contribution in [0.15, 0.2) is 5.38 Å².